The minimum Gasteiger partial charge on any atom is -0.508 e. The quantitative estimate of drug-likeness (QED) is 0.0108. The topological polar surface area (TPSA) is 793 Å². The lowest BCUT2D eigenvalue weighted by molar-refractivity contribution is -0.144. The molecular weight excluding hydrogens is 1980 g/mol. The molecule has 1 fully saturated rings. The lowest BCUT2D eigenvalue weighted by Gasteiger charge is -2.32. The molecule has 1 aliphatic rings. The normalized spacial score (nSPS) is 15.4. The van der Waals surface area contributed by atoms with Gasteiger partial charge in [0.2, 0.25) is 112 Å². The number of phenols is 1. The average molecular weight is 2130 g/mol. The molecule has 4 rings (SSSR count). The third kappa shape index (κ3) is 47.5. The highest BCUT2D eigenvalue weighted by molar-refractivity contribution is 7.98. The van der Waals surface area contributed by atoms with Gasteiger partial charge in [-0.25, -0.2) is 4.79 Å². The lowest BCUT2D eigenvalue weighted by atomic mass is 9.98. The van der Waals surface area contributed by atoms with Crippen molar-refractivity contribution >= 4 is 155 Å². The fourth-order valence-electron chi connectivity index (χ4n) is 15.4. The first-order valence-corrected chi connectivity index (χ1v) is 51.3. The molecule has 0 aromatic heterocycles. The first-order valence-electron chi connectivity index (χ1n) is 49.2. The van der Waals surface area contributed by atoms with Gasteiger partial charge >= 0.3 is 11.9 Å². The first kappa shape index (κ1) is 127. The summed E-state index contributed by atoms with van der Waals surface area (Å²) in [6.07, 6.45) is -0.0838. The molecule has 0 saturated carbocycles. The minimum absolute atomic E-state index is 0.00309. The smallest absolute Gasteiger partial charge is 0.326 e. The number of carboxylic acids is 2. The van der Waals surface area contributed by atoms with Crippen molar-refractivity contribution in [2.75, 3.05) is 70.2 Å². The number of aliphatic hydroxyl groups excluding tert-OH is 2. The van der Waals surface area contributed by atoms with Crippen LogP contribution < -0.4 is 118 Å². The fourth-order valence-corrected chi connectivity index (χ4v) is 16.1. The summed E-state index contributed by atoms with van der Waals surface area (Å²) in [5, 5.41) is 105. The van der Waals surface area contributed by atoms with E-state index in [1.807, 2.05) is 34.0 Å². The maximum absolute atomic E-state index is 14.8. The number of carboxylic acid groups (broad SMARTS) is 2. The number of hydrogen-bond donors (Lipinski definition) is 29. The number of thiol groups is 1. The van der Waals surface area contributed by atoms with Crippen LogP contribution in [0.2, 0.25) is 0 Å². The molecular formula is C97H150N24O26S2. The van der Waals surface area contributed by atoms with Crippen molar-refractivity contribution in [1.82, 2.24) is 106 Å². The number of nitrogens with two attached hydrogens (primary N) is 3. The number of aliphatic carboxylic acids is 2. The molecule has 52 heteroatoms. The summed E-state index contributed by atoms with van der Waals surface area (Å²) in [6.45, 7) is 12.2. The lowest BCUT2D eigenvalue weighted by Crippen LogP contribution is -2.63. The van der Waals surface area contributed by atoms with E-state index in [-0.39, 0.29) is 126 Å². The summed E-state index contributed by atoms with van der Waals surface area (Å²) in [7, 11) is 0. The van der Waals surface area contributed by atoms with E-state index in [0.29, 0.717) is 35.3 Å². The summed E-state index contributed by atoms with van der Waals surface area (Å²) < 4.78 is 0. The van der Waals surface area contributed by atoms with Crippen molar-refractivity contribution in [3.05, 3.63) is 102 Å². The Hall–Kier alpha value is -13.9. The highest BCUT2D eigenvalue weighted by Gasteiger charge is 2.43. The predicted octanol–water partition coefficient (Wildman–Crippen LogP) is -6.19. The Morgan fingerprint density at radius 3 is 1.36 bits per heavy atom. The molecule has 0 aliphatic carbocycles. The zero-order valence-electron chi connectivity index (χ0n) is 85.7. The van der Waals surface area contributed by atoms with E-state index in [9.17, 15) is 126 Å². The predicted molar refractivity (Wildman–Crippen MR) is 550 cm³/mol. The standard InChI is InChI=1S/C97H150N24O26S2/c1-51(2)38-64(112-82(132)61(99)33-37-149-11)86(136)113-65(39-52(3)4)87(137)114-66(41-57-22-14-12-15-23-57)83(133)105-45-74(125)103-46-75(126)110-69(44-78(129)130)89(139)118-72(50-148)84(134)106-48-76(127)108-62(26-18-19-34-98)85(135)107-55(9)81(131)104-47-77(128)109-67(43-59-29-31-60(124)32-30-59)88(138)115-68(42-58-24-16-13-17-25-58)90(140)120-80(56(10)123)94(144)119-79(54(7)8)93(143)116-70(40-53(5)6)95(145)121-36-21-28-73(121)92(142)117-71(49-122)91(141)111-63(96(146)147)27-20-35-102-97(100)101/h12-17,22-25,29-32,51-56,61-73,79-80,122-124,148H,18-21,26-28,33-50,98-99H2,1-11H3,(H,103,125)(H,104,131)(H,105,133)(H,106,134)(H,107,135)(H,108,127)(H,109,128)(H,110,126)(H,111,141)(H,112,132)(H,113,136)(H,114,137)(H,115,138)(H,116,143)(H,117,142)(H,118,139)(H,119,144)(H,120,140)(H,129,130)(H,146,147)(H4,100,101,102)/t55-,56+,61-,62-,63-,64-,65-,66-,67-,68-,69-,70-,71-,72-,73-,79-,80-/m0/s1. The number of nitrogens with one attached hydrogen (secondary N) is 20. The minimum atomic E-state index is -1.91. The van der Waals surface area contributed by atoms with Crippen LogP contribution in [0.3, 0.4) is 0 Å². The van der Waals surface area contributed by atoms with E-state index in [0.717, 1.165) is 6.92 Å². The number of carbonyl (C=O) groups is 21. The molecule has 1 aliphatic heterocycles. The number of nitrogens with zero attached hydrogens (tertiary/aromatic N) is 1. The number of likely N-dealkylation sites (tertiary alicyclic amines) is 1. The van der Waals surface area contributed by atoms with Crippen LogP contribution in [0.25, 0.3) is 0 Å². The zero-order chi connectivity index (χ0) is 111. The summed E-state index contributed by atoms with van der Waals surface area (Å²) in [5.74, 6) is -22.6. The van der Waals surface area contributed by atoms with Crippen LogP contribution in [-0.4, -0.2) is 334 Å². The molecule has 31 N–H and O–H groups in total. The molecule has 0 spiro atoms. The molecule has 50 nitrogen and oxygen atoms in total. The van der Waals surface area contributed by atoms with Gasteiger partial charge in [-0.3, -0.25) is 101 Å². The summed E-state index contributed by atoms with van der Waals surface area (Å²) in [5.41, 5.74) is 18.5. The number of amides is 19. The number of rotatable bonds is 67. The average Bonchev–Trinajstić information content (AvgIpc) is 1.74. The van der Waals surface area contributed by atoms with Crippen molar-refractivity contribution in [3.8, 4) is 5.75 Å². The van der Waals surface area contributed by atoms with Crippen molar-refractivity contribution in [2.45, 2.75) is 268 Å². The highest BCUT2D eigenvalue weighted by Crippen LogP contribution is 2.23. The van der Waals surface area contributed by atoms with Crippen LogP contribution in [0, 0.1) is 29.1 Å². The number of carbonyl (C=O) groups excluding carboxylic acids is 19. The summed E-state index contributed by atoms with van der Waals surface area (Å²) in [4.78, 5) is 290. The number of aliphatic hydroxyl groups is 2. The Morgan fingerprint density at radius 1 is 0.436 bits per heavy atom. The van der Waals surface area contributed by atoms with E-state index in [1.165, 1.54) is 47.9 Å². The Balaban J connectivity index is 1.41. The number of benzene rings is 3. The molecule has 3 aromatic rings. The Kier molecular flexibility index (Phi) is 56.8. The summed E-state index contributed by atoms with van der Waals surface area (Å²) >= 11 is 5.63. The highest BCUT2D eigenvalue weighted by atomic mass is 32.2. The molecule has 0 unspecified atom stereocenters. The van der Waals surface area contributed by atoms with Gasteiger partial charge in [0.25, 0.3) is 0 Å². The third-order valence-corrected chi connectivity index (χ3v) is 24.3. The van der Waals surface area contributed by atoms with Crippen LogP contribution in [0.4, 0.5) is 0 Å². The van der Waals surface area contributed by atoms with Gasteiger partial charge in [0.1, 0.15) is 96.4 Å². The largest absolute Gasteiger partial charge is 0.508 e. The second kappa shape index (κ2) is 66.5. The van der Waals surface area contributed by atoms with Gasteiger partial charge in [-0.15, -0.1) is 0 Å². The zero-order valence-corrected chi connectivity index (χ0v) is 87.4. The van der Waals surface area contributed by atoms with Crippen LogP contribution in [-0.2, 0) is 120 Å². The molecule has 3 aromatic carbocycles. The van der Waals surface area contributed by atoms with Crippen LogP contribution in [0.5, 0.6) is 5.75 Å². The third-order valence-electron chi connectivity index (χ3n) is 23.3. The van der Waals surface area contributed by atoms with Crippen molar-refractivity contribution < 1.29 is 126 Å². The fraction of sp³-hybridized carbons (Fsp3) is 0.588. The molecule has 1 heterocycles. The number of aromatic hydroxyl groups is 1. The van der Waals surface area contributed by atoms with Crippen LogP contribution >= 0.6 is 24.4 Å². The second-order valence-corrected chi connectivity index (χ2v) is 39.1. The molecule has 149 heavy (non-hydrogen) atoms. The number of thioether (sulfide) groups is 1. The van der Waals surface area contributed by atoms with Gasteiger partial charge < -0.3 is 149 Å². The van der Waals surface area contributed by atoms with Gasteiger partial charge in [0.15, 0.2) is 5.96 Å². The molecule has 17 atom stereocenters. The van der Waals surface area contributed by atoms with E-state index in [4.69, 9.17) is 22.6 Å². The summed E-state index contributed by atoms with van der Waals surface area (Å²) in [6, 6.07) is -1.12. The van der Waals surface area contributed by atoms with Gasteiger partial charge in [0.05, 0.1) is 51.4 Å². The maximum Gasteiger partial charge on any atom is 0.326 e. The Labute approximate surface area is 874 Å². The van der Waals surface area contributed by atoms with Gasteiger partial charge in [0, 0.05) is 38.1 Å². The number of unbranched alkanes of at least 4 members (excludes halogenated alkanes) is 1. The first-order chi connectivity index (χ1) is 70.4. The second-order valence-electron chi connectivity index (χ2n) is 37.8. The number of hydrogen-bond acceptors (Lipinski definition) is 29. The van der Waals surface area contributed by atoms with E-state index < -0.39 is 278 Å². The maximum atomic E-state index is 14.8. The number of guanidine groups is 1. The molecule has 826 valence electrons. The van der Waals surface area contributed by atoms with E-state index in [1.54, 1.807) is 88.4 Å². The number of phenolic OH excluding ortho intramolecular Hbond substituents is 1. The van der Waals surface area contributed by atoms with E-state index >= 15 is 0 Å². The molecule has 19 amide bonds. The van der Waals surface area contributed by atoms with Crippen LogP contribution in [0.1, 0.15) is 163 Å². The van der Waals surface area contributed by atoms with Gasteiger partial charge in [-0.2, -0.15) is 24.4 Å². The SMILES string of the molecule is CSCC[C@H](N)C(=O)N[C@@H](CC(C)C)C(=O)N[C@@H](CC(C)C)C(=O)N[C@@H](Cc1ccccc1)C(=O)NCC(=O)NCC(=O)N[C@@H](CC(=O)O)C(=O)N[C@@H](CS)C(=O)NCC(=O)N[C@@H](CCCCN)C(=O)N[C@@H](C)C(=O)NCC(=O)N[C@@H](Cc1ccc(O)cc1)C(=O)N[C@@H](Cc1ccccc1)C(=O)N[C@H](C(=O)N[C@H](C(=O)N[C@@H](CC(C)C)C(=O)N1CCC[C@H]1C(=O)N[C@@H](CO)C(=O)N[C@@H](CCCNC(=N)N)C(=O)O)C(C)C)[C@@H](C)O. The molecule has 1 saturated heterocycles. The van der Waals surface area contributed by atoms with Crippen molar-refractivity contribution in [1.29, 1.82) is 5.41 Å². The van der Waals surface area contributed by atoms with Crippen molar-refractivity contribution in [2.24, 2.45) is 40.9 Å². The van der Waals surface area contributed by atoms with Gasteiger partial charge in [-0.1, -0.05) is 128 Å². The Morgan fingerprint density at radius 2 is 0.852 bits per heavy atom. The molecule has 0 bridgehead atoms. The monoisotopic (exact) mass is 2130 g/mol. The van der Waals surface area contributed by atoms with Crippen molar-refractivity contribution in [3.63, 3.8) is 0 Å². The Bertz CT molecular complexity index is 4990. The molecule has 0 radical (unpaired) electrons. The van der Waals surface area contributed by atoms with Crippen LogP contribution in [0.15, 0.2) is 84.9 Å². The van der Waals surface area contributed by atoms with E-state index in [2.05, 4.69) is 114 Å². The van der Waals surface area contributed by atoms with Gasteiger partial charge in [-0.05, 0) is 156 Å².